The normalized spacial score (nSPS) is 11.2. The molecular formula is C17H15F3N2O3. The lowest BCUT2D eigenvalue weighted by Gasteiger charge is -2.24. The summed E-state index contributed by atoms with van der Waals surface area (Å²) in [7, 11) is 0. The molecule has 0 unspecified atom stereocenters. The number of alkyl halides is 3. The SMILES string of the molecule is O=C(N(CCc1ccccc1)Cc1ccc([N+](=O)[O-])cc1)C(F)(F)F. The predicted molar refractivity (Wildman–Crippen MR) is 84.7 cm³/mol. The summed E-state index contributed by atoms with van der Waals surface area (Å²) in [5, 5.41) is 10.6. The largest absolute Gasteiger partial charge is 0.471 e. The maximum Gasteiger partial charge on any atom is 0.471 e. The van der Waals surface area contributed by atoms with E-state index in [0.29, 0.717) is 10.5 Å². The van der Waals surface area contributed by atoms with Gasteiger partial charge in [-0.25, -0.2) is 0 Å². The Kier molecular flexibility index (Phi) is 5.74. The molecule has 0 saturated heterocycles. The molecule has 0 radical (unpaired) electrons. The second-order valence-corrected chi connectivity index (χ2v) is 5.38. The van der Waals surface area contributed by atoms with Gasteiger partial charge in [0.05, 0.1) is 4.92 Å². The third-order valence-electron chi connectivity index (χ3n) is 3.56. The second kappa shape index (κ2) is 7.78. The molecule has 0 aromatic heterocycles. The number of benzene rings is 2. The zero-order valence-electron chi connectivity index (χ0n) is 13.1. The van der Waals surface area contributed by atoms with E-state index in [1.165, 1.54) is 24.3 Å². The molecule has 1 amide bonds. The Hall–Kier alpha value is -2.90. The van der Waals surface area contributed by atoms with Crippen molar-refractivity contribution >= 4 is 11.6 Å². The number of hydrogen-bond donors (Lipinski definition) is 0. The highest BCUT2D eigenvalue weighted by Gasteiger charge is 2.42. The minimum Gasteiger partial charge on any atom is -0.330 e. The molecule has 132 valence electrons. The molecule has 0 fully saturated rings. The highest BCUT2D eigenvalue weighted by atomic mass is 19.4. The summed E-state index contributed by atoms with van der Waals surface area (Å²) >= 11 is 0. The molecule has 0 aliphatic carbocycles. The molecule has 0 aliphatic rings. The van der Waals surface area contributed by atoms with E-state index in [1.807, 2.05) is 0 Å². The number of carbonyl (C=O) groups excluding carboxylic acids is 1. The Morgan fingerprint density at radius 3 is 2.12 bits per heavy atom. The van der Waals surface area contributed by atoms with Gasteiger partial charge in [-0.2, -0.15) is 13.2 Å². The fourth-order valence-corrected chi connectivity index (χ4v) is 2.28. The standard InChI is InChI=1S/C17H15F3N2O3/c18-17(19,20)16(23)21(11-10-13-4-2-1-3-5-13)12-14-6-8-15(9-7-14)22(24)25/h1-9H,10-12H2. The number of rotatable bonds is 6. The quantitative estimate of drug-likeness (QED) is 0.588. The average molecular weight is 352 g/mol. The first-order valence-corrected chi connectivity index (χ1v) is 7.41. The fourth-order valence-electron chi connectivity index (χ4n) is 2.28. The van der Waals surface area contributed by atoms with Crippen molar-refractivity contribution in [3.05, 3.63) is 75.8 Å². The second-order valence-electron chi connectivity index (χ2n) is 5.38. The van der Waals surface area contributed by atoms with Gasteiger partial charge >= 0.3 is 12.1 Å². The molecule has 0 aliphatic heterocycles. The van der Waals surface area contributed by atoms with Gasteiger partial charge in [-0.1, -0.05) is 42.5 Å². The van der Waals surface area contributed by atoms with Crippen LogP contribution in [0.25, 0.3) is 0 Å². The van der Waals surface area contributed by atoms with Gasteiger partial charge in [0, 0.05) is 25.2 Å². The maximum absolute atomic E-state index is 12.8. The van der Waals surface area contributed by atoms with Crippen LogP contribution < -0.4 is 0 Å². The molecule has 2 rings (SSSR count). The molecule has 0 spiro atoms. The van der Waals surface area contributed by atoms with E-state index < -0.39 is 17.0 Å². The number of nitrogens with zero attached hydrogens (tertiary/aromatic N) is 2. The van der Waals surface area contributed by atoms with Crippen molar-refractivity contribution in [3.63, 3.8) is 0 Å². The molecule has 0 saturated carbocycles. The van der Waals surface area contributed by atoms with Gasteiger partial charge in [0.2, 0.25) is 0 Å². The third-order valence-corrected chi connectivity index (χ3v) is 3.56. The van der Waals surface area contributed by atoms with Crippen LogP contribution in [0, 0.1) is 10.1 Å². The number of nitro groups is 1. The average Bonchev–Trinajstić information content (AvgIpc) is 2.58. The number of nitro benzene ring substituents is 1. The van der Waals surface area contributed by atoms with Crippen LogP contribution in [0.5, 0.6) is 0 Å². The molecule has 5 nitrogen and oxygen atoms in total. The van der Waals surface area contributed by atoms with E-state index in [4.69, 9.17) is 0 Å². The van der Waals surface area contributed by atoms with Crippen molar-refractivity contribution in [3.8, 4) is 0 Å². The van der Waals surface area contributed by atoms with Crippen LogP contribution in [0.2, 0.25) is 0 Å². The number of halogens is 3. The molecule has 8 heteroatoms. The zero-order valence-corrected chi connectivity index (χ0v) is 13.1. The lowest BCUT2D eigenvalue weighted by molar-refractivity contribution is -0.384. The number of carbonyl (C=O) groups is 1. The zero-order chi connectivity index (χ0) is 18.4. The summed E-state index contributed by atoms with van der Waals surface area (Å²) in [5.41, 5.74) is 1.03. The Bertz CT molecular complexity index is 731. The number of amides is 1. The van der Waals surface area contributed by atoms with Crippen LogP contribution >= 0.6 is 0 Å². The van der Waals surface area contributed by atoms with Crippen molar-refractivity contribution in [2.75, 3.05) is 6.54 Å². The van der Waals surface area contributed by atoms with Crippen LogP contribution in [-0.4, -0.2) is 28.5 Å². The Balaban J connectivity index is 2.13. The van der Waals surface area contributed by atoms with Gasteiger partial charge in [0.1, 0.15) is 0 Å². The Morgan fingerprint density at radius 1 is 1.00 bits per heavy atom. The molecule has 0 atom stereocenters. The highest BCUT2D eigenvalue weighted by Crippen LogP contribution is 2.21. The molecule has 0 heterocycles. The summed E-state index contributed by atoms with van der Waals surface area (Å²) in [5.74, 6) is -1.93. The lowest BCUT2D eigenvalue weighted by atomic mass is 10.1. The minimum absolute atomic E-state index is 0.112. The van der Waals surface area contributed by atoms with Gasteiger partial charge in [0.25, 0.3) is 5.69 Å². The van der Waals surface area contributed by atoms with Crippen molar-refractivity contribution in [2.45, 2.75) is 19.1 Å². The molecule has 2 aromatic rings. The Morgan fingerprint density at radius 2 is 1.60 bits per heavy atom. The summed E-state index contributed by atoms with van der Waals surface area (Å²) in [4.78, 5) is 22.4. The van der Waals surface area contributed by atoms with Crippen molar-refractivity contribution in [2.24, 2.45) is 0 Å². The molecule has 2 aromatic carbocycles. The van der Waals surface area contributed by atoms with Gasteiger partial charge in [-0.15, -0.1) is 0 Å². The van der Waals surface area contributed by atoms with E-state index in [-0.39, 0.29) is 25.2 Å². The van der Waals surface area contributed by atoms with Crippen LogP contribution in [0.4, 0.5) is 18.9 Å². The van der Waals surface area contributed by atoms with E-state index in [1.54, 1.807) is 30.3 Å². The smallest absolute Gasteiger partial charge is 0.330 e. The van der Waals surface area contributed by atoms with E-state index >= 15 is 0 Å². The first kappa shape index (κ1) is 18.4. The topological polar surface area (TPSA) is 63.5 Å². The van der Waals surface area contributed by atoms with Gasteiger partial charge < -0.3 is 4.90 Å². The van der Waals surface area contributed by atoms with Crippen molar-refractivity contribution in [1.82, 2.24) is 4.90 Å². The van der Waals surface area contributed by atoms with E-state index in [9.17, 15) is 28.1 Å². The van der Waals surface area contributed by atoms with Crippen LogP contribution in [0.1, 0.15) is 11.1 Å². The number of non-ortho nitro benzene ring substituents is 1. The first-order valence-electron chi connectivity index (χ1n) is 7.41. The van der Waals surface area contributed by atoms with Crippen molar-refractivity contribution < 1.29 is 22.9 Å². The lowest BCUT2D eigenvalue weighted by Crippen LogP contribution is -2.41. The number of hydrogen-bond acceptors (Lipinski definition) is 3. The maximum atomic E-state index is 12.8. The third kappa shape index (κ3) is 5.30. The summed E-state index contributed by atoms with van der Waals surface area (Å²) in [6.07, 6.45) is -4.70. The van der Waals surface area contributed by atoms with Crippen LogP contribution in [0.3, 0.4) is 0 Å². The molecular weight excluding hydrogens is 337 g/mol. The molecule has 0 N–H and O–H groups in total. The summed E-state index contributed by atoms with van der Waals surface area (Å²) < 4.78 is 38.5. The van der Waals surface area contributed by atoms with Crippen LogP contribution in [-0.2, 0) is 17.8 Å². The van der Waals surface area contributed by atoms with E-state index in [0.717, 1.165) is 5.56 Å². The highest BCUT2D eigenvalue weighted by molar-refractivity contribution is 5.81. The predicted octanol–water partition coefficient (Wildman–Crippen LogP) is 3.73. The minimum atomic E-state index is -4.97. The van der Waals surface area contributed by atoms with Gasteiger partial charge in [-0.3, -0.25) is 14.9 Å². The fraction of sp³-hybridized carbons (Fsp3) is 0.235. The molecule has 25 heavy (non-hydrogen) atoms. The first-order chi connectivity index (χ1) is 11.8. The molecule has 0 bridgehead atoms. The van der Waals surface area contributed by atoms with E-state index in [2.05, 4.69) is 0 Å². The van der Waals surface area contributed by atoms with Gasteiger partial charge in [-0.05, 0) is 17.5 Å². The van der Waals surface area contributed by atoms with Gasteiger partial charge in [0.15, 0.2) is 0 Å². The Labute approximate surface area is 141 Å². The van der Waals surface area contributed by atoms with Crippen LogP contribution in [0.15, 0.2) is 54.6 Å². The summed E-state index contributed by atoms with van der Waals surface area (Å²) in [6.45, 7) is -0.386. The monoisotopic (exact) mass is 352 g/mol. The summed E-state index contributed by atoms with van der Waals surface area (Å²) in [6, 6.07) is 13.9. The van der Waals surface area contributed by atoms with Crippen molar-refractivity contribution in [1.29, 1.82) is 0 Å².